The second kappa shape index (κ2) is 60.9. The minimum atomic E-state index is -0.780. The Labute approximate surface area is 448 Å². The molecule has 0 aromatic heterocycles. The number of carbonyl (C=O) groups is 3. The third-order valence-corrected chi connectivity index (χ3v) is 14.0. The van der Waals surface area contributed by atoms with Crippen molar-refractivity contribution in [1.29, 1.82) is 0 Å². The molecule has 0 aliphatic carbocycles. The molecule has 1 unspecified atom stereocenters. The predicted molar refractivity (Wildman–Crippen MR) is 312 cm³/mol. The van der Waals surface area contributed by atoms with Crippen LogP contribution in [0.4, 0.5) is 0 Å². The summed E-state index contributed by atoms with van der Waals surface area (Å²) in [5.74, 6) is -0.878. The summed E-state index contributed by atoms with van der Waals surface area (Å²) in [7, 11) is 0. The van der Waals surface area contributed by atoms with E-state index in [0.717, 1.165) is 77.0 Å². The highest BCUT2D eigenvalue weighted by atomic mass is 16.6. The molecule has 0 rings (SSSR count). The Balaban J connectivity index is 4.25. The van der Waals surface area contributed by atoms with Crippen LogP contribution in [0.1, 0.15) is 335 Å². The molecule has 0 N–H and O–H groups in total. The van der Waals surface area contributed by atoms with Gasteiger partial charge in [0.05, 0.1) is 0 Å². The summed E-state index contributed by atoms with van der Waals surface area (Å²) < 4.78 is 16.9. The van der Waals surface area contributed by atoms with Crippen molar-refractivity contribution in [3.05, 3.63) is 48.6 Å². The van der Waals surface area contributed by atoms with Gasteiger partial charge in [-0.2, -0.15) is 0 Å². The Morgan fingerprint density at radius 1 is 0.278 bits per heavy atom. The van der Waals surface area contributed by atoms with E-state index in [0.29, 0.717) is 19.3 Å². The van der Waals surface area contributed by atoms with Crippen LogP contribution < -0.4 is 0 Å². The number of carbonyl (C=O) groups excluding carboxylic acids is 3. The molecule has 0 amide bonds. The van der Waals surface area contributed by atoms with E-state index < -0.39 is 6.10 Å². The van der Waals surface area contributed by atoms with E-state index >= 15 is 0 Å². The molecule has 0 aliphatic heterocycles. The molecule has 0 fully saturated rings. The van der Waals surface area contributed by atoms with Crippen molar-refractivity contribution in [2.45, 2.75) is 341 Å². The molecule has 0 heterocycles. The summed E-state index contributed by atoms with van der Waals surface area (Å²) in [6.45, 7) is 6.62. The largest absolute Gasteiger partial charge is 0.462 e. The van der Waals surface area contributed by atoms with Crippen molar-refractivity contribution in [1.82, 2.24) is 0 Å². The van der Waals surface area contributed by atoms with Gasteiger partial charge >= 0.3 is 17.9 Å². The van der Waals surface area contributed by atoms with Gasteiger partial charge in [0, 0.05) is 19.3 Å². The molecule has 0 bridgehead atoms. The van der Waals surface area contributed by atoms with Crippen LogP contribution in [0.5, 0.6) is 0 Å². The minimum absolute atomic E-state index is 0.0768. The van der Waals surface area contributed by atoms with Crippen LogP contribution in [0.15, 0.2) is 48.6 Å². The van der Waals surface area contributed by atoms with Crippen molar-refractivity contribution in [3.63, 3.8) is 0 Å². The first-order valence-corrected chi connectivity index (χ1v) is 31.6. The molecule has 420 valence electrons. The Morgan fingerprint density at radius 2 is 0.500 bits per heavy atom. The Kier molecular flexibility index (Phi) is 58.7. The van der Waals surface area contributed by atoms with Crippen LogP contribution in [0.25, 0.3) is 0 Å². The molecule has 6 nitrogen and oxygen atoms in total. The molecule has 0 aromatic rings. The van der Waals surface area contributed by atoms with Gasteiger partial charge in [-0.25, -0.2) is 0 Å². The van der Waals surface area contributed by atoms with Crippen molar-refractivity contribution in [2.24, 2.45) is 0 Å². The molecule has 6 heteroatoms. The van der Waals surface area contributed by atoms with Gasteiger partial charge in [0.15, 0.2) is 6.10 Å². The molecule has 1 atom stereocenters. The summed E-state index contributed by atoms with van der Waals surface area (Å²) in [4.78, 5) is 38.2. The molecule has 0 radical (unpaired) electrons. The number of rotatable bonds is 58. The van der Waals surface area contributed by atoms with Gasteiger partial charge < -0.3 is 14.2 Å². The molecular weight excluding hydrogens is 889 g/mol. The number of ether oxygens (including phenoxy) is 3. The van der Waals surface area contributed by atoms with Gasteiger partial charge in [-0.1, -0.05) is 262 Å². The third-order valence-electron chi connectivity index (χ3n) is 14.0. The third kappa shape index (κ3) is 58.3. The van der Waals surface area contributed by atoms with Gasteiger partial charge in [0.1, 0.15) is 13.2 Å². The van der Waals surface area contributed by atoms with Gasteiger partial charge in [0.25, 0.3) is 0 Å². The average Bonchev–Trinajstić information content (AvgIpc) is 3.38. The Hall–Kier alpha value is -2.63. The van der Waals surface area contributed by atoms with Crippen LogP contribution in [-0.2, 0) is 28.6 Å². The lowest BCUT2D eigenvalue weighted by molar-refractivity contribution is -0.167. The van der Waals surface area contributed by atoms with Gasteiger partial charge in [-0.15, -0.1) is 0 Å². The Morgan fingerprint density at radius 3 is 0.806 bits per heavy atom. The zero-order valence-electron chi connectivity index (χ0n) is 48.2. The topological polar surface area (TPSA) is 78.9 Å². The van der Waals surface area contributed by atoms with Gasteiger partial charge in [-0.05, 0) is 103 Å². The van der Waals surface area contributed by atoms with E-state index in [9.17, 15) is 14.4 Å². The molecule has 0 aromatic carbocycles. The molecule has 0 aliphatic rings. The first-order chi connectivity index (χ1) is 35.5. The van der Waals surface area contributed by atoms with Crippen LogP contribution in [-0.4, -0.2) is 37.2 Å². The number of esters is 3. The van der Waals surface area contributed by atoms with E-state index in [1.807, 2.05) is 0 Å². The molecular formula is C66H120O6. The minimum Gasteiger partial charge on any atom is -0.462 e. The number of unbranched alkanes of at least 4 members (excludes halogenated alkanes) is 39. The van der Waals surface area contributed by atoms with Crippen LogP contribution in [0.2, 0.25) is 0 Å². The van der Waals surface area contributed by atoms with Crippen molar-refractivity contribution < 1.29 is 28.6 Å². The van der Waals surface area contributed by atoms with Crippen molar-refractivity contribution in [2.75, 3.05) is 13.2 Å². The average molecular weight is 1010 g/mol. The number of allylic oxidation sites excluding steroid dienone is 8. The normalized spacial score (nSPS) is 12.3. The quantitative estimate of drug-likeness (QED) is 0.0261. The first-order valence-electron chi connectivity index (χ1n) is 31.6. The maximum Gasteiger partial charge on any atom is 0.306 e. The van der Waals surface area contributed by atoms with Gasteiger partial charge in [0.2, 0.25) is 0 Å². The zero-order valence-corrected chi connectivity index (χ0v) is 48.2. The summed E-state index contributed by atoms with van der Waals surface area (Å²) in [6, 6.07) is 0. The standard InChI is InChI=1S/C66H120O6/c1-4-7-10-13-16-19-22-25-27-29-30-31-32-33-34-35-36-38-39-41-44-47-50-53-56-59-65(68)71-62-63(61-70-64(67)58-55-52-49-46-43-24-21-18-15-12-9-6-3)72-66(69)60-57-54-51-48-45-42-40-37-28-26-23-20-17-14-11-8-5-2/h17-18,20-21,26,28-30,63H,4-16,19,22-25,27,31-62H2,1-3H3/b20-17-,21-18-,28-26-,30-29-. The van der Waals surface area contributed by atoms with Gasteiger partial charge in [-0.3, -0.25) is 14.4 Å². The monoisotopic (exact) mass is 1010 g/mol. The molecule has 0 spiro atoms. The molecule has 0 saturated heterocycles. The fourth-order valence-electron chi connectivity index (χ4n) is 9.23. The summed E-state index contributed by atoms with van der Waals surface area (Å²) in [5.41, 5.74) is 0. The van der Waals surface area contributed by atoms with E-state index in [2.05, 4.69) is 69.4 Å². The van der Waals surface area contributed by atoms with E-state index in [4.69, 9.17) is 14.2 Å². The zero-order chi connectivity index (χ0) is 52.2. The SMILES string of the molecule is CCCCC/C=C\C/C=C\CCCCCCCCCC(=O)OC(COC(=O)CCCCCCC/C=C\CCCCC)COC(=O)CCCCCCCCCCCCCCC/C=C\CCCCCCCCCC. The van der Waals surface area contributed by atoms with Crippen LogP contribution in [0.3, 0.4) is 0 Å². The highest BCUT2D eigenvalue weighted by molar-refractivity contribution is 5.71. The Bertz CT molecular complexity index is 1250. The van der Waals surface area contributed by atoms with E-state index in [1.165, 1.54) is 218 Å². The predicted octanol–water partition coefficient (Wildman–Crippen LogP) is 21.4. The smallest absolute Gasteiger partial charge is 0.306 e. The first kappa shape index (κ1) is 69.4. The highest BCUT2D eigenvalue weighted by Gasteiger charge is 2.19. The molecule has 0 saturated carbocycles. The van der Waals surface area contributed by atoms with Crippen molar-refractivity contribution in [3.8, 4) is 0 Å². The lowest BCUT2D eigenvalue weighted by Crippen LogP contribution is -2.30. The fourth-order valence-corrected chi connectivity index (χ4v) is 9.23. The summed E-state index contributed by atoms with van der Waals surface area (Å²) >= 11 is 0. The summed E-state index contributed by atoms with van der Waals surface area (Å²) in [6.07, 6.45) is 75.5. The van der Waals surface area contributed by atoms with E-state index in [-0.39, 0.29) is 31.1 Å². The van der Waals surface area contributed by atoms with Crippen LogP contribution in [0, 0.1) is 0 Å². The highest BCUT2D eigenvalue weighted by Crippen LogP contribution is 2.17. The lowest BCUT2D eigenvalue weighted by Gasteiger charge is -2.18. The second-order valence-corrected chi connectivity index (χ2v) is 21.3. The number of hydrogen-bond acceptors (Lipinski definition) is 6. The summed E-state index contributed by atoms with van der Waals surface area (Å²) in [5, 5.41) is 0. The second-order valence-electron chi connectivity index (χ2n) is 21.3. The maximum absolute atomic E-state index is 12.9. The van der Waals surface area contributed by atoms with Crippen molar-refractivity contribution >= 4 is 17.9 Å². The number of hydrogen-bond donors (Lipinski definition) is 0. The fraction of sp³-hybridized carbons (Fsp3) is 0.833. The maximum atomic E-state index is 12.9. The molecule has 72 heavy (non-hydrogen) atoms. The van der Waals surface area contributed by atoms with Crippen LogP contribution >= 0.6 is 0 Å². The lowest BCUT2D eigenvalue weighted by atomic mass is 10.0. The van der Waals surface area contributed by atoms with E-state index in [1.54, 1.807) is 0 Å².